The van der Waals surface area contributed by atoms with Crippen molar-refractivity contribution in [2.75, 3.05) is 38.1 Å². The number of piperazine rings is 1. The minimum absolute atomic E-state index is 0.592. The molecule has 5 heteroatoms. The standard InChI is InChI=1S/C14H18N4O/c1-11-3-5-12(6-4-11)13-15-16-14(19-13)18-9-7-17(2)8-10-18/h3-6H,7-10H2,1-2H3. The number of aryl methyl sites for hydroxylation is 1. The molecule has 0 N–H and O–H groups in total. The van der Waals surface area contributed by atoms with Gasteiger partial charge in [-0.15, -0.1) is 5.10 Å². The van der Waals surface area contributed by atoms with E-state index in [-0.39, 0.29) is 0 Å². The van der Waals surface area contributed by atoms with E-state index in [4.69, 9.17) is 4.42 Å². The van der Waals surface area contributed by atoms with Crippen LogP contribution in [0.2, 0.25) is 0 Å². The van der Waals surface area contributed by atoms with Gasteiger partial charge in [-0.25, -0.2) is 0 Å². The Hall–Kier alpha value is -1.88. The molecule has 1 aliphatic rings. The first-order valence-electron chi connectivity index (χ1n) is 6.56. The summed E-state index contributed by atoms with van der Waals surface area (Å²) in [7, 11) is 2.13. The largest absolute Gasteiger partial charge is 0.403 e. The minimum Gasteiger partial charge on any atom is -0.403 e. The number of nitrogens with zero attached hydrogens (tertiary/aromatic N) is 4. The van der Waals surface area contributed by atoms with Crippen LogP contribution in [0.15, 0.2) is 28.7 Å². The molecule has 100 valence electrons. The summed E-state index contributed by atoms with van der Waals surface area (Å²) in [6.45, 7) is 6.00. The monoisotopic (exact) mass is 258 g/mol. The van der Waals surface area contributed by atoms with Gasteiger partial charge in [-0.2, -0.15) is 0 Å². The van der Waals surface area contributed by atoms with Crippen molar-refractivity contribution in [2.45, 2.75) is 6.92 Å². The van der Waals surface area contributed by atoms with Gasteiger partial charge >= 0.3 is 6.01 Å². The lowest BCUT2D eigenvalue weighted by Crippen LogP contribution is -2.44. The molecule has 0 bridgehead atoms. The summed E-state index contributed by atoms with van der Waals surface area (Å²) in [4.78, 5) is 4.44. The minimum atomic E-state index is 0.592. The second-order valence-electron chi connectivity index (χ2n) is 5.05. The third-order valence-electron chi connectivity index (χ3n) is 3.49. The SMILES string of the molecule is Cc1ccc(-c2nnc(N3CCN(C)CC3)o2)cc1. The maximum Gasteiger partial charge on any atom is 0.318 e. The Kier molecular flexibility index (Phi) is 3.21. The molecule has 1 saturated heterocycles. The topological polar surface area (TPSA) is 45.4 Å². The van der Waals surface area contributed by atoms with E-state index in [9.17, 15) is 0 Å². The Balaban J connectivity index is 1.77. The van der Waals surface area contributed by atoms with Gasteiger partial charge in [0.1, 0.15) is 0 Å². The molecule has 0 unspecified atom stereocenters. The molecule has 0 amide bonds. The molecule has 0 radical (unpaired) electrons. The lowest BCUT2D eigenvalue weighted by Gasteiger charge is -2.30. The van der Waals surface area contributed by atoms with E-state index in [0.717, 1.165) is 31.7 Å². The van der Waals surface area contributed by atoms with Crippen molar-refractivity contribution >= 4 is 6.01 Å². The second-order valence-corrected chi connectivity index (χ2v) is 5.05. The number of benzene rings is 1. The van der Waals surface area contributed by atoms with Crippen LogP contribution in [0.1, 0.15) is 5.56 Å². The van der Waals surface area contributed by atoms with Crippen LogP contribution in [0.25, 0.3) is 11.5 Å². The molecule has 0 atom stereocenters. The quantitative estimate of drug-likeness (QED) is 0.822. The highest BCUT2D eigenvalue weighted by molar-refractivity contribution is 5.54. The zero-order valence-electron chi connectivity index (χ0n) is 11.3. The van der Waals surface area contributed by atoms with E-state index in [1.807, 2.05) is 12.1 Å². The van der Waals surface area contributed by atoms with Crippen molar-refractivity contribution in [3.63, 3.8) is 0 Å². The molecule has 0 saturated carbocycles. The summed E-state index contributed by atoms with van der Waals surface area (Å²) in [6, 6.07) is 8.75. The molecule has 2 heterocycles. The lowest BCUT2D eigenvalue weighted by atomic mass is 10.1. The van der Waals surface area contributed by atoms with E-state index in [1.165, 1.54) is 5.56 Å². The molecule has 0 spiro atoms. The van der Waals surface area contributed by atoms with Crippen molar-refractivity contribution in [2.24, 2.45) is 0 Å². The van der Waals surface area contributed by atoms with Crippen LogP contribution in [0, 0.1) is 6.92 Å². The van der Waals surface area contributed by atoms with Crippen molar-refractivity contribution in [1.29, 1.82) is 0 Å². The van der Waals surface area contributed by atoms with Gasteiger partial charge in [0.25, 0.3) is 0 Å². The van der Waals surface area contributed by atoms with Gasteiger partial charge in [0.05, 0.1) is 0 Å². The predicted molar refractivity (Wildman–Crippen MR) is 74.2 cm³/mol. The van der Waals surface area contributed by atoms with Crippen LogP contribution < -0.4 is 4.90 Å². The smallest absolute Gasteiger partial charge is 0.318 e. The Morgan fingerprint density at radius 2 is 1.68 bits per heavy atom. The highest BCUT2D eigenvalue weighted by atomic mass is 16.4. The van der Waals surface area contributed by atoms with Crippen LogP contribution in [0.5, 0.6) is 0 Å². The van der Waals surface area contributed by atoms with E-state index >= 15 is 0 Å². The first-order valence-corrected chi connectivity index (χ1v) is 6.56. The molecule has 1 aliphatic heterocycles. The fourth-order valence-corrected chi connectivity index (χ4v) is 2.15. The summed E-state index contributed by atoms with van der Waals surface area (Å²) in [6.07, 6.45) is 0. The fourth-order valence-electron chi connectivity index (χ4n) is 2.15. The first-order chi connectivity index (χ1) is 9.22. The van der Waals surface area contributed by atoms with Gasteiger partial charge in [-0.1, -0.05) is 22.8 Å². The third kappa shape index (κ3) is 2.61. The molecule has 19 heavy (non-hydrogen) atoms. The Labute approximate surface area is 112 Å². The Morgan fingerprint density at radius 3 is 2.37 bits per heavy atom. The highest BCUT2D eigenvalue weighted by Gasteiger charge is 2.19. The summed E-state index contributed by atoms with van der Waals surface area (Å²) >= 11 is 0. The lowest BCUT2D eigenvalue weighted by molar-refractivity contribution is 0.305. The highest BCUT2D eigenvalue weighted by Crippen LogP contribution is 2.22. The summed E-state index contributed by atoms with van der Waals surface area (Å²) < 4.78 is 5.77. The summed E-state index contributed by atoms with van der Waals surface area (Å²) in [5, 5.41) is 8.29. The molecule has 2 aromatic rings. The zero-order chi connectivity index (χ0) is 13.2. The number of aromatic nitrogens is 2. The normalized spacial score (nSPS) is 16.8. The van der Waals surface area contributed by atoms with Crippen LogP contribution in [0.3, 0.4) is 0 Å². The van der Waals surface area contributed by atoms with Crippen LogP contribution in [0.4, 0.5) is 6.01 Å². The van der Waals surface area contributed by atoms with Gasteiger partial charge in [-0.05, 0) is 26.1 Å². The molecule has 1 aromatic heterocycles. The molecule has 0 aliphatic carbocycles. The van der Waals surface area contributed by atoms with Crippen molar-refractivity contribution < 1.29 is 4.42 Å². The maximum absolute atomic E-state index is 5.77. The van der Waals surface area contributed by atoms with Gasteiger partial charge in [-0.3, -0.25) is 0 Å². The third-order valence-corrected chi connectivity index (χ3v) is 3.49. The van der Waals surface area contributed by atoms with E-state index in [2.05, 4.69) is 46.1 Å². The van der Waals surface area contributed by atoms with Crippen molar-refractivity contribution in [3.05, 3.63) is 29.8 Å². The number of hydrogen-bond donors (Lipinski definition) is 0. The zero-order valence-corrected chi connectivity index (χ0v) is 11.3. The molecular weight excluding hydrogens is 240 g/mol. The number of hydrogen-bond acceptors (Lipinski definition) is 5. The van der Waals surface area contributed by atoms with E-state index in [1.54, 1.807) is 0 Å². The summed E-state index contributed by atoms with van der Waals surface area (Å²) in [5.41, 5.74) is 2.20. The summed E-state index contributed by atoms with van der Waals surface area (Å²) in [5.74, 6) is 0.592. The fraction of sp³-hybridized carbons (Fsp3) is 0.429. The number of likely N-dealkylation sites (N-methyl/N-ethyl adjacent to an activating group) is 1. The average molecular weight is 258 g/mol. The molecule has 1 fully saturated rings. The first kappa shape index (κ1) is 12.2. The average Bonchev–Trinajstić information content (AvgIpc) is 2.90. The maximum atomic E-state index is 5.77. The van der Waals surface area contributed by atoms with Crippen molar-refractivity contribution in [1.82, 2.24) is 15.1 Å². The molecular formula is C14H18N4O. The molecule has 5 nitrogen and oxygen atoms in total. The number of rotatable bonds is 2. The van der Waals surface area contributed by atoms with Gasteiger partial charge < -0.3 is 14.2 Å². The molecule has 1 aromatic carbocycles. The Bertz CT molecular complexity index is 541. The second kappa shape index (κ2) is 5.01. The van der Waals surface area contributed by atoms with E-state index < -0.39 is 0 Å². The number of anilines is 1. The van der Waals surface area contributed by atoms with E-state index in [0.29, 0.717) is 11.9 Å². The van der Waals surface area contributed by atoms with Crippen molar-refractivity contribution in [3.8, 4) is 11.5 Å². The van der Waals surface area contributed by atoms with Gasteiger partial charge in [0.15, 0.2) is 0 Å². The Morgan fingerprint density at radius 1 is 1.00 bits per heavy atom. The van der Waals surface area contributed by atoms with Crippen LogP contribution >= 0.6 is 0 Å². The molecule has 3 rings (SSSR count). The van der Waals surface area contributed by atoms with Gasteiger partial charge in [0.2, 0.25) is 5.89 Å². The van der Waals surface area contributed by atoms with Crippen LogP contribution in [-0.4, -0.2) is 48.3 Å². The van der Waals surface area contributed by atoms with Crippen LogP contribution in [-0.2, 0) is 0 Å². The van der Waals surface area contributed by atoms with Gasteiger partial charge in [0, 0.05) is 31.7 Å². The predicted octanol–water partition coefficient (Wildman–Crippen LogP) is 1.80.